The number of rotatable bonds is 5. The molecular formula is C14H16N2O3. The van der Waals surface area contributed by atoms with Crippen molar-refractivity contribution in [1.29, 1.82) is 0 Å². The van der Waals surface area contributed by atoms with E-state index < -0.39 is 5.97 Å². The van der Waals surface area contributed by atoms with Crippen molar-refractivity contribution in [2.75, 3.05) is 17.6 Å². The molecule has 0 saturated heterocycles. The number of hydrogen-bond donors (Lipinski definition) is 3. The summed E-state index contributed by atoms with van der Waals surface area (Å²) < 4.78 is 5.45. The molecule has 0 radical (unpaired) electrons. The van der Waals surface area contributed by atoms with Gasteiger partial charge in [0.25, 0.3) is 0 Å². The number of nitrogens with two attached hydrogens (primary N) is 1. The Morgan fingerprint density at radius 3 is 2.79 bits per heavy atom. The predicted octanol–water partition coefficient (Wildman–Crippen LogP) is 2.52. The van der Waals surface area contributed by atoms with Gasteiger partial charge in [0.1, 0.15) is 11.5 Å². The molecule has 1 aromatic heterocycles. The fourth-order valence-electron chi connectivity index (χ4n) is 1.78. The van der Waals surface area contributed by atoms with E-state index in [1.54, 1.807) is 6.07 Å². The Hall–Kier alpha value is -2.43. The first-order chi connectivity index (χ1) is 9.06. The molecule has 0 saturated carbocycles. The second kappa shape index (κ2) is 5.48. The van der Waals surface area contributed by atoms with Crippen molar-refractivity contribution in [1.82, 2.24) is 0 Å². The van der Waals surface area contributed by atoms with Crippen LogP contribution in [0, 0.1) is 6.92 Å². The second-order valence-electron chi connectivity index (χ2n) is 4.30. The molecule has 0 unspecified atom stereocenters. The molecule has 5 nitrogen and oxygen atoms in total. The molecule has 0 aliphatic heterocycles. The van der Waals surface area contributed by atoms with E-state index in [4.69, 9.17) is 15.3 Å². The Morgan fingerprint density at radius 2 is 2.16 bits per heavy atom. The van der Waals surface area contributed by atoms with Crippen LogP contribution in [0.3, 0.4) is 0 Å². The minimum atomic E-state index is -0.968. The SMILES string of the molecule is Cc1ccc(CCNc2cc(C(=O)O)ccc2N)o1. The molecule has 0 aliphatic rings. The molecule has 5 heteroatoms. The van der Waals surface area contributed by atoms with Crippen molar-refractivity contribution in [3.8, 4) is 0 Å². The summed E-state index contributed by atoms with van der Waals surface area (Å²) in [5.41, 5.74) is 7.16. The lowest BCUT2D eigenvalue weighted by atomic mass is 10.1. The molecule has 0 fully saturated rings. The van der Waals surface area contributed by atoms with E-state index in [1.807, 2.05) is 19.1 Å². The molecule has 0 amide bonds. The highest BCUT2D eigenvalue weighted by Gasteiger charge is 2.06. The van der Waals surface area contributed by atoms with Gasteiger partial charge in [0.05, 0.1) is 16.9 Å². The molecule has 100 valence electrons. The van der Waals surface area contributed by atoms with Crippen LogP contribution in [0.1, 0.15) is 21.9 Å². The largest absolute Gasteiger partial charge is 0.478 e. The van der Waals surface area contributed by atoms with Crippen LogP contribution in [0.5, 0.6) is 0 Å². The molecule has 1 heterocycles. The molecule has 1 aromatic carbocycles. The fourth-order valence-corrected chi connectivity index (χ4v) is 1.78. The maximum Gasteiger partial charge on any atom is 0.335 e. The number of aryl methyl sites for hydroxylation is 1. The minimum Gasteiger partial charge on any atom is -0.478 e. The number of anilines is 2. The topological polar surface area (TPSA) is 88.5 Å². The maximum atomic E-state index is 10.9. The molecule has 19 heavy (non-hydrogen) atoms. The Morgan fingerprint density at radius 1 is 1.37 bits per heavy atom. The van der Waals surface area contributed by atoms with Crippen LogP contribution in [0.25, 0.3) is 0 Å². The van der Waals surface area contributed by atoms with E-state index >= 15 is 0 Å². The molecule has 4 N–H and O–H groups in total. The Kier molecular flexibility index (Phi) is 3.75. The summed E-state index contributed by atoms with van der Waals surface area (Å²) in [5, 5.41) is 12.0. The van der Waals surface area contributed by atoms with Crippen molar-refractivity contribution in [3.63, 3.8) is 0 Å². The number of benzene rings is 1. The minimum absolute atomic E-state index is 0.213. The lowest BCUT2D eigenvalue weighted by Crippen LogP contribution is -2.08. The number of carbonyl (C=O) groups is 1. The van der Waals surface area contributed by atoms with Crippen molar-refractivity contribution in [3.05, 3.63) is 47.4 Å². The zero-order valence-electron chi connectivity index (χ0n) is 10.6. The van der Waals surface area contributed by atoms with Crippen LogP contribution in [0.15, 0.2) is 34.7 Å². The van der Waals surface area contributed by atoms with Crippen LogP contribution in [-0.2, 0) is 6.42 Å². The summed E-state index contributed by atoms with van der Waals surface area (Å²) >= 11 is 0. The van der Waals surface area contributed by atoms with Crippen molar-refractivity contribution in [2.24, 2.45) is 0 Å². The van der Waals surface area contributed by atoms with Gasteiger partial charge in [-0.3, -0.25) is 0 Å². The van der Waals surface area contributed by atoms with Crippen LogP contribution in [0.4, 0.5) is 11.4 Å². The summed E-state index contributed by atoms with van der Waals surface area (Å²) in [4.78, 5) is 10.9. The molecular weight excluding hydrogens is 244 g/mol. The van der Waals surface area contributed by atoms with Gasteiger partial charge in [0.15, 0.2) is 0 Å². The van der Waals surface area contributed by atoms with Crippen molar-refractivity contribution >= 4 is 17.3 Å². The average molecular weight is 260 g/mol. The van der Waals surface area contributed by atoms with Crippen molar-refractivity contribution in [2.45, 2.75) is 13.3 Å². The van der Waals surface area contributed by atoms with Gasteiger partial charge >= 0.3 is 5.97 Å². The zero-order chi connectivity index (χ0) is 13.8. The van der Waals surface area contributed by atoms with Crippen LogP contribution in [-0.4, -0.2) is 17.6 Å². The van der Waals surface area contributed by atoms with E-state index in [9.17, 15) is 4.79 Å². The number of furan rings is 1. The zero-order valence-corrected chi connectivity index (χ0v) is 10.6. The number of nitrogens with one attached hydrogen (secondary N) is 1. The van der Waals surface area contributed by atoms with E-state index in [-0.39, 0.29) is 5.56 Å². The van der Waals surface area contributed by atoms with Gasteiger partial charge in [-0.1, -0.05) is 0 Å². The summed E-state index contributed by atoms with van der Waals surface area (Å²) in [6, 6.07) is 8.44. The third-order valence-electron chi connectivity index (χ3n) is 2.78. The third kappa shape index (κ3) is 3.28. The van der Waals surface area contributed by atoms with Crippen LogP contribution < -0.4 is 11.1 Å². The van der Waals surface area contributed by atoms with Crippen LogP contribution in [0.2, 0.25) is 0 Å². The lowest BCUT2D eigenvalue weighted by molar-refractivity contribution is 0.0697. The molecule has 2 aromatic rings. The summed E-state index contributed by atoms with van der Waals surface area (Å²) in [5.74, 6) is 0.796. The van der Waals surface area contributed by atoms with Crippen molar-refractivity contribution < 1.29 is 14.3 Å². The first kappa shape index (κ1) is 13.0. The third-order valence-corrected chi connectivity index (χ3v) is 2.78. The van der Waals surface area contributed by atoms with E-state index in [0.29, 0.717) is 24.3 Å². The normalized spacial score (nSPS) is 10.4. The standard InChI is InChI=1S/C14H16N2O3/c1-9-2-4-11(19-9)6-7-16-13-8-10(14(17)18)3-5-12(13)15/h2-5,8,16H,6-7,15H2,1H3,(H,17,18). The lowest BCUT2D eigenvalue weighted by Gasteiger charge is -2.09. The van der Waals surface area contributed by atoms with E-state index in [1.165, 1.54) is 12.1 Å². The number of hydrogen-bond acceptors (Lipinski definition) is 4. The average Bonchev–Trinajstić information content (AvgIpc) is 2.77. The molecule has 0 aliphatic carbocycles. The first-order valence-corrected chi connectivity index (χ1v) is 5.98. The highest BCUT2D eigenvalue weighted by molar-refractivity contribution is 5.90. The molecule has 0 bridgehead atoms. The monoisotopic (exact) mass is 260 g/mol. The number of nitrogen functional groups attached to an aromatic ring is 1. The van der Waals surface area contributed by atoms with Gasteiger partial charge in [0, 0.05) is 13.0 Å². The maximum absolute atomic E-state index is 10.9. The van der Waals surface area contributed by atoms with Gasteiger partial charge in [-0.15, -0.1) is 0 Å². The first-order valence-electron chi connectivity index (χ1n) is 5.98. The van der Waals surface area contributed by atoms with Gasteiger partial charge < -0.3 is 20.6 Å². The Labute approximate surface area is 111 Å². The Bertz CT molecular complexity index is 590. The van der Waals surface area contributed by atoms with E-state index in [0.717, 1.165) is 11.5 Å². The smallest absolute Gasteiger partial charge is 0.335 e. The summed E-state index contributed by atoms with van der Waals surface area (Å²) in [6.07, 6.45) is 0.713. The summed E-state index contributed by atoms with van der Waals surface area (Å²) in [6.45, 7) is 2.52. The number of aromatic carboxylic acids is 1. The molecule has 0 atom stereocenters. The molecule has 2 rings (SSSR count). The predicted molar refractivity (Wildman–Crippen MR) is 73.5 cm³/mol. The van der Waals surface area contributed by atoms with Crippen LogP contribution >= 0.6 is 0 Å². The fraction of sp³-hybridized carbons (Fsp3) is 0.214. The van der Waals surface area contributed by atoms with Gasteiger partial charge in [-0.2, -0.15) is 0 Å². The molecule has 0 spiro atoms. The highest BCUT2D eigenvalue weighted by Crippen LogP contribution is 2.20. The second-order valence-corrected chi connectivity index (χ2v) is 4.30. The quantitative estimate of drug-likeness (QED) is 0.719. The number of carboxylic acids is 1. The summed E-state index contributed by atoms with van der Waals surface area (Å²) in [7, 11) is 0. The Balaban J connectivity index is 1.99. The van der Waals surface area contributed by atoms with Gasteiger partial charge in [-0.05, 0) is 37.3 Å². The highest BCUT2D eigenvalue weighted by atomic mass is 16.4. The number of carboxylic acid groups (broad SMARTS) is 1. The van der Waals surface area contributed by atoms with E-state index in [2.05, 4.69) is 5.32 Å². The van der Waals surface area contributed by atoms with Gasteiger partial charge in [-0.25, -0.2) is 4.79 Å². The van der Waals surface area contributed by atoms with Gasteiger partial charge in [0.2, 0.25) is 0 Å².